The number of rotatable bonds is 12. The molecule has 0 amide bonds. The van der Waals surface area contributed by atoms with E-state index in [4.69, 9.17) is 5.73 Å². The number of allylic oxidation sites excluding steroid dienone is 3. The Hall–Kier alpha value is -4.22. The summed E-state index contributed by atoms with van der Waals surface area (Å²) in [6.07, 6.45) is 27.5. The van der Waals surface area contributed by atoms with Gasteiger partial charge in [0.1, 0.15) is 12.0 Å². The van der Waals surface area contributed by atoms with Crippen LogP contribution in [-0.4, -0.2) is 29.0 Å². The lowest BCUT2D eigenvalue weighted by Crippen LogP contribution is -2.54. The normalized spacial score (nSPS) is 30.4. The number of nitrogens with two attached hydrogens (primary N) is 1. The molecular formula is C51H61NO4. The van der Waals surface area contributed by atoms with Crippen molar-refractivity contribution in [3.63, 3.8) is 0 Å². The minimum Gasteiger partial charge on any atom is -0.508 e. The highest BCUT2D eigenvalue weighted by Crippen LogP contribution is 2.59. The number of aliphatic carboxylic acids is 1. The van der Waals surface area contributed by atoms with Crippen molar-refractivity contribution < 1.29 is 19.8 Å². The van der Waals surface area contributed by atoms with Crippen LogP contribution in [0, 0.1) is 41.4 Å². The van der Waals surface area contributed by atoms with Gasteiger partial charge in [0.05, 0.1) is 5.92 Å². The number of aryl methyl sites for hydroxylation is 1. The Morgan fingerprint density at radius 3 is 2.45 bits per heavy atom. The summed E-state index contributed by atoms with van der Waals surface area (Å²) in [6, 6.07) is 23.7. The number of hydrogen-bond acceptors (Lipinski definition) is 4. The summed E-state index contributed by atoms with van der Waals surface area (Å²) in [5.74, 6) is 1.27. The van der Waals surface area contributed by atoms with Crippen molar-refractivity contribution in [3.05, 3.63) is 123 Å². The van der Waals surface area contributed by atoms with E-state index in [9.17, 15) is 19.8 Å². The monoisotopic (exact) mass is 751 g/mol. The Labute approximate surface area is 333 Å². The highest BCUT2D eigenvalue weighted by molar-refractivity contribution is 5.74. The molecule has 5 aliphatic rings. The number of carbonyl (C=O) groups is 2. The van der Waals surface area contributed by atoms with Crippen molar-refractivity contribution in [1.29, 1.82) is 0 Å². The van der Waals surface area contributed by atoms with Crippen molar-refractivity contribution in [2.24, 2.45) is 47.2 Å². The zero-order chi connectivity index (χ0) is 38.6. The minimum atomic E-state index is -0.663. The van der Waals surface area contributed by atoms with Gasteiger partial charge in [0, 0.05) is 11.3 Å². The molecule has 0 radical (unpaired) electrons. The number of phenols is 1. The number of carboxylic acids is 1. The van der Waals surface area contributed by atoms with Gasteiger partial charge in [0.15, 0.2) is 0 Å². The highest BCUT2D eigenvalue weighted by atomic mass is 16.4. The van der Waals surface area contributed by atoms with Crippen LogP contribution in [0.4, 0.5) is 0 Å². The van der Waals surface area contributed by atoms with E-state index >= 15 is 0 Å². The largest absolute Gasteiger partial charge is 0.508 e. The van der Waals surface area contributed by atoms with Gasteiger partial charge in [-0.05, 0) is 164 Å². The molecule has 9 atom stereocenters. The number of phenolic OH excluding ortho intramolecular Hbond substituents is 1. The molecule has 4 N–H and O–H groups in total. The first-order chi connectivity index (χ1) is 27.4. The second-order valence-electron chi connectivity index (χ2n) is 18.0. The van der Waals surface area contributed by atoms with Gasteiger partial charge in [-0.1, -0.05) is 110 Å². The molecule has 1 spiro atoms. The summed E-state index contributed by atoms with van der Waals surface area (Å²) in [5, 5.41) is 24.0. The fourth-order valence-electron chi connectivity index (χ4n) is 12.1. The first-order valence-electron chi connectivity index (χ1n) is 21.8. The molecule has 8 rings (SSSR count). The fraction of sp³-hybridized carbons (Fsp3) is 0.490. The minimum absolute atomic E-state index is 0.0911. The lowest BCUT2D eigenvalue weighted by molar-refractivity contribution is -0.147. The maximum atomic E-state index is 13.6. The average Bonchev–Trinajstić information content (AvgIpc) is 3.67. The molecular weight excluding hydrogens is 691 g/mol. The van der Waals surface area contributed by atoms with Crippen LogP contribution in [0.5, 0.6) is 5.75 Å². The first kappa shape index (κ1) is 38.6. The summed E-state index contributed by atoms with van der Waals surface area (Å²) in [4.78, 5) is 25.8. The summed E-state index contributed by atoms with van der Waals surface area (Å²) >= 11 is 0. The van der Waals surface area contributed by atoms with E-state index in [1.165, 1.54) is 44.6 Å². The van der Waals surface area contributed by atoms with E-state index in [-0.39, 0.29) is 17.6 Å². The molecule has 3 aromatic carbocycles. The lowest BCUT2D eigenvalue weighted by Gasteiger charge is -2.55. The van der Waals surface area contributed by atoms with Crippen molar-refractivity contribution in [1.82, 2.24) is 0 Å². The Balaban J connectivity index is 1.08. The molecule has 0 heterocycles. The molecule has 1 saturated carbocycles. The molecule has 1 fully saturated rings. The molecule has 0 saturated heterocycles. The third-order valence-corrected chi connectivity index (χ3v) is 14.9. The molecule has 56 heavy (non-hydrogen) atoms. The van der Waals surface area contributed by atoms with Crippen LogP contribution in [0.2, 0.25) is 0 Å². The molecule has 5 aliphatic carbocycles. The Morgan fingerprint density at radius 1 is 0.893 bits per heavy atom. The van der Waals surface area contributed by atoms with Gasteiger partial charge >= 0.3 is 5.97 Å². The second-order valence-corrected chi connectivity index (χ2v) is 18.0. The van der Waals surface area contributed by atoms with Crippen LogP contribution in [0.1, 0.15) is 112 Å². The Morgan fingerprint density at radius 2 is 1.68 bits per heavy atom. The molecule has 3 aromatic rings. The van der Waals surface area contributed by atoms with Crippen molar-refractivity contribution in [2.45, 2.75) is 108 Å². The van der Waals surface area contributed by atoms with Gasteiger partial charge in [0.25, 0.3) is 0 Å². The Bertz CT molecular complexity index is 2060. The molecule has 0 aliphatic heterocycles. The van der Waals surface area contributed by atoms with Crippen LogP contribution in [0.3, 0.4) is 0 Å². The van der Waals surface area contributed by atoms with Gasteiger partial charge in [0.2, 0.25) is 0 Å². The van der Waals surface area contributed by atoms with Crippen molar-refractivity contribution in [3.8, 4) is 5.75 Å². The summed E-state index contributed by atoms with van der Waals surface area (Å²) < 4.78 is 0. The van der Waals surface area contributed by atoms with E-state index in [1.54, 1.807) is 0 Å². The number of hydrogen-bond donors (Lipinski definition) is 3. The molecule has 0 aromatic heterocycles. The predicted octanol–water partition coefficient (Wildman–Crippen LogP) is 8.94. The Kier molecular flexibility index (Phi) is 11.8. The van der Waals surface area contributed by atoms with Gasteiger partial charge in [-0.2, -0.15) is 0 Å². The molecule has 0 unspecified atom stereocenters. The van der Waals surface area contributed by atoms with Crippen LogP contribution in [0.15, 0.2) is 90.5 Å². The second kappa shape index (κ2) is 17.1. The van der Waals surface area contributed by atoms with E-state index in [0.29, 0.717) is 42.6 Å². The van der Waals surface area contributed by atoms with E-state index in [1.807, 2.05) is 12.1 Å². The maximum Gasteiger partial charge on any atom is 0.307 e. The SMILES string of the molecule is NCCC1=C[C@@H]([C@@H](C=O)CCCCC[C@H]2C/C=C\C[C@@H](C(=O)O)[C@@]34C[C@@H]5C=c6ccccc6=C[C@@H]5C[C@@H]3CCc3ccc(cc34)C[C@@H]2c2ccc(O)cc2)CC1. The predicted molar refractivity (Wildman–Crippen MR) is 225 cm³/mol. The number of fused-ring (bicyclic) bond motifs is 3. The van der Waals surface area contributed by atoms with Crippen LogP contribution >= 0.6 is 0 Å². The van der Waals surface area contributed by atoms with E-state index < -0.39 is 17.3 Å². The first-order valence-corrected chi connectivity index (χ1v) is 21.8. The lowest BCUT2D eigenvalue weighted by atomic mass is 9.47. The van der Waals surface area contributed by atoms with Crippen molar-refractivity contribution >= 4 is 24.4 Å². The fourth-order valence-corrected chi connectivity index (χ4v) is 12.1. The van der Waals surface area contributed by atoms with Crippen LogP contribution in [0.25, 0.3) is 12.2 Å². The topological polar surface area (TPSA) is 101 Å². The molecule has 2 bridgehead atoms. The molecule has 294 valence electrons. The number of carbonyl (C=O) groups excluding carboxylic acids is 1. The third kappa shape index (κ3) is 7.86. The highest BCUT2D eigenvalue weighted by Gasteiger charge is 2.56. The quantitative estimate of drug-likeness (QED) is 0.0976. The summed E-state index contributed by atoms with van der Waals surface area (Å²) in [5.41, 5.74) is 12.0. The van der Waals surface area contributed by atoms with Gasteiger partial charge in [-0.15, -0.1) is 0 Å². The zero-order valence-electron chi connectivity index (χ0n) is 33.0. The number of aldehydes is 1. The van der Waals surface area contributed by atoms with Gasteiger partial charge in [-0.25, -0.2) is 0 Å². The molecule has 5 heteroatoms. The summed E-state index contributed by atoms with van der Waals surface area (Å²) in [7, 11) is 0. The van der Waals surface area contributed by atoms with Gasteiger partial charge in [-0.3, -0.25) is 4.79 Å². The van der Waals surface area contributed by atoms with Crippen LogP contribution < -0.4 is 16.2 Å². The number of benzene rings is 3. The van der Waals surface area contributed by atoms with E-state index in [2.05, 4.69) is 85.0 Å². The van der Waals surface area contributed by atoms with Gasteiger partial charge < -0.3 is 20.7 Å². The third-order valence-electron chi connectivity index (χ3n) is 14.9. The number of carboxylic acid groups (broad SMARTS) is 1. The van der Waals surface area contributed by atoms with Crippen LogP contribution in [-0.2, 0) is 27.8 Å². The smallest absolute Gasteiger partial charge is 0.307 e. The number of aromatic hydroxyl groups is 1. The number of unbranched alkanes of at least 4 members (excludes halogenated alkanes) is 2. The standard InChI is InChI=1S/C51H61NO4/c52-25-24-34-14-17-41(26-34)42(33-53)12-3-1-2-8-36-9-6-7-13-48(50(55)56)51-32-44-30-40-11-5-4-10-39(40)29-43(44)31-45(51)21-18-38-16-15-35(28-49(38)51)27-47(36)37-19-22-46(54)23-20-37/h4-7,10-11,15-16,19-20,22-23,26,28-30,33,36,41-45,47-48,54H,1-3,8-9,12-14,17-18,21,24-25,27,31-32,52H2,(H,55,56)/b7-6-/t36-,41-,42+,43+,44-,45-,47-,48-,51+/m0/s1. The molecule has 5 nitrogen and oxygen atoms in total. The van der Waals surface area contributed by atoms with E-state index in [0.717, 1.165) is 89.9 Å². The average molecular weight is 752 g/mol. The summed E-state index contributed by atoms with van der Waals surface area (Å²) in [6.45, 7) is 0.675. The van der Waals surface area contributed by atoms with Crippen molar-refractivity contribution in [2.75, 3.05) is 6.54 Å². The zero-order valence-corrected chi connectivity index (χ0v) is 33.0. The maximum absolute atomic E-state index is 13.6.